The minimum absolute atomic E-state index is 0.0364. The van der Waals surface area contributed by atoms with Crippen molar-refractivity contribution in [2.45, 2.75) is 39.0 Å². The van der Waals surface area contributed by atoms with E-state index in [0.29, 0.717) is 11.6 Å². The van der Waals surface area contributed by atoms with Gasteiger partial charge in [-0.25, -0.2) is 9.97 Å². The van der Waals surface area contributed by atoms with E-state index in [1.54, 1.807) is 6.07 Å². The van der Waals surface area contributed by atoms with Gasteiger partial charge in [-0.3, -0.25) is 0 Å². The standard InChI is InChI=1S/C15H23N5O/c1-10-8-13(14(16)19-21)18-15(17-10)20-7-6-11-4-2-3-5-12(11)9-20/h8,11-12,21H,2-7,9H2,1H3,(H2,16,19). The van der Waals surface area contributed by atoms with E-state index in [1.165, 1.54) is 32.1 Å². The summed E-state index contributed by atoms with van der Waals surface area (Å²) in [4.78, 5) is 11.3. The predicted molar refractivity (Wildman–Crippen MR) is 81.6 cm³/mol. The molecular weight excluding hydrogens is 266 g/mol. The molecule has 3 N–H and O–H groups in total. The van der Waals surface area contributed by atoms with Crippen LogP contribution in [0.5, 0.6) is 0 Å². The van der Waals surface area contributed by atoms with E-state index in [9.17, 15) is 0 Å². The van der Waals surface area contributed by atoms with Crippen molar-refractivity contribution in [1.82, 2.24) is 9.97 Å². The average molecular weight is 289 g/mol. The van der Waals surface area contributed by atoms with Crippen molar-refractivity contribution in [3.05, 3.63) is 17.5 Å². The Morgan fingerprint density at radius 2 is 2.05 bits per heavy atom. The van der Waals surface area contributed by atoms with Crippen molar-refractivity contribution in [2.24, 2.45) is 22.7 Å². The number of piperidine rings is 1. The molecule has 1 saturated carbocycles. The summed E-state index contributed by atoms with van der Waals surface area (Å²) in [5.41, 5.74) is 6.99. The molecule has 21 heavy (non-hydrogen) atoms. The fourth-order valence-corrected chi connectivity index (χ4v) is 3.66. The lowest BCUT2D eigenvalue weighted by atomic mass is 9.75. The third kappa shape index (κ3) is 2.94. The molecule has 2 heterocycles. The molecule has 1 saturated heterocycles. The Labute approximate surface area is 125 Å². The number of hydrogen-bond acceptors (Lipinski definition) is 5. The highest BCUT2D eigenvalue weighted by molar-refractivity contribution is 5.95. The number of hydrogen-bond donors (Lipinski definition) is 2. The van der Waals surface area contributed by atoms with Gasteiger partial charge in [0.1, 0.15) is 5.69 Å². The average Bonchev–Trinajstić information content (AvgIpc) is 2.53. The molecule has 2 fully saturated rings. The van der Waals surface area contributed by atoms with Crippen molar-refractivity contribution >= 4 is 11.8 Å². The first kappa shape index (κ1) is 14.1. The highest BCUT2D eigenvalue weighted by Gasteiger charge is 2.32. The van der Waals surface area contributed by atoms with E-state index in [-0.39, 0.29) is 5.84 Å². The van der Waals surface area contributed by atoms with Crippen molar-refractivity contribution in [1.29, 1.82) is 0 Å². The lowest BCUT2D eigenvalue weighted by molar-refractivity contribution is 0.201. The molecule has 0 bridgehead atoms. The summed E-state index contributed by atoms with van der Waals surface area (Å²) in [5.74, 6) is 2.39. The van der Waals surface area contributed by atoms with Crippen LogP contribution in [0.2, 0.25) is 0 Å². The number of anilines is 1. The van der Waals surface area contributed by atoms with E-state index in [2.05, 4.69) is 20.0 Å². The molecule has 2 unspecified atom stereocenters. The van der Waals surface area contributed by atoms with Gasteiger partial charge in [-0.05, 0) is 37.7 Å². The molecule has 114 valence electrons. The van der Waals surface area contributed by atoms with E-state index >= 15 is 0 Å². The first-order chi connectivity index (χ1) is 10.2. The molecule has 6 nitrogen and oxygen atoms in total. The van der Waals surface area contributed by atoms with Crippen molar-refractivity contribution in [2.75, 3.05) is 18.0 Å². The Kier molecular flexibility index (Phi) is 3.94. The van der Waals surface area contributed by atoms with E-state index < -0.39 is 0 Å². The van der Waals surface area contributed by atoms with E-state index in [0.717, 1.165) is 30.6 Å². The first-order valence-electron chi connectivity index (χ1n) is 7.76. The zero-order valence-electron chi connectivity index (χ0n) is 12.5. The first-order valence-corrected chi connectivity index (χ1v) is 7.76. The Bertz CT molecular complexity index is 545. The van der Waals surface area contributed by atoms with Gasteiger partial charge in [0.15, 0.2) is 5.84 Å². The lowest BCUT2D eigenvalue weighted by Crippen LogP contribution is -2.42. The fourth-order valence-electron chi connectivity index (χ4n) is 3.66. The predicted octanol–water partition coefficient (Wildman–Crippen LogP) is 1.90. The molecule has 0 spiro atoms. The number of fused-ring (bicyclic) bond motifs is 1. The summed E-state index contributed by atoms with van der Waals surface area (Å²) in [6.45, 7) is 3.94. The maximum absolute atomic E-state index is 8.82. The molecule has 3 rings (SSSR count). The summed E-state index contributed by atoms with van der Waals surface area (Å²) < 4.78 is 0. The summed E-state index contributed by atoms with van der Waals surface area (Å²) in [5, 5.41) is 11.9. The number of oxime groups is 1. The van der Waals surface area contributed by atoms with Gasteiger partial charge in [-0.1, -0.05) is 24.4 Å². The maximum Gasteiger partial charge on any atom is 0.226 e. The molecule has 1 aliphatic carbocycles. The summed E-state index contributed by atoms with van der Waals surface area (Å²) in [6.07, 6.45) is 6.65. The van der Waals surface area contributed by atoms with Crippen LogP contribution in [0.3, 0.4) is 0 Å². The largest absolute Gasteiger partial charge is 0.409 e. The quantitative estimate of drug-likeness (QED) is 0.376. The number of aryl methyl sites for hydroxylation is 1. The van der Waals surface area contributed by atoms with Gasteiger partial charge in [0.05, 0.1) is 0 Å². The van der Waals surface area contributed by atoms with Crippen LogP contribution in [0.1, 0.15) is 43.5 Å². The third-order valence-electron chi connectivity index (χ3n) is 4.79. The minimum atomic E-state index is 0.0364. The van der Waals surface area contributed by atoms with Gasteiger partial charge in [0.25, 0.3) is 0 Å². The van der Waals surface area contributed by atoms with Crippen LogP contribution in [0.4, 0.5) is 5.95 Å². The minimum Gasteiger partial charge on any atom is -0.409 e. The van der Waals surface area contributed by atoms with Crippen molar-refractivity contribution < 1.29 is 5.21 Å². The zero-order valence-corrected chi connectivity index (χ0v) is 12.5. The highest BCUT2D eigenvalue weighted by atomic mass is 16.4. The van der Waals surface area contributed by atoms with Gasteiger partial charge in [0.2, 0.25) is 5.95 Å². The molecule has 0 amide bonds. The lowest BCUT2D eigenvalue weighted by Gasteiger charge is -2.41. The van der Waals surface area contributed by atoms with Gasteiger partial charge in [0, 0.05) is 18.8 Å². The number of nitrogens with two attached hydrogens (primary N) is 1. The molecule has 1 aromatic heterocycles. The Morgan fingerprint density at radius 1 is 1.29 bits per heavy atom. The molecular formula is C15H23N5O. The molecule has 0 radical (unpaired) electrons. The fraction of sp³-hybridized carbons (Fsp3) is 0.667. The van der Waals surface area contributed by atoms with Crippen molar-refractivity contribution in [3.8, 4) is 0 Å². The smallest absolute Gasteiger partial charge is 0.226 e. The van der Waals surface area contributed by atoms with Crippen LogP contribution in [0.15, 0.2) is 11.2 Å². The number of rotatable bonds is 2. The van der Waals surface area contributed by atoms with E-state index in [1.807, 2.05) is 6.92 Å². The van der Waals surface area contributed by atoms with Crippen LogP contribution in [0.25, 0.3) is 0 Å². The number of nitrogens with zero attached hydrogens (tertiary/aromatic N) is 4. The molecule has 1 aliphatic heterocycles. The monoisotopic (exact) mass is 289 g/mol. The number of amidine groups is 1. The Morgan fingerprint density at radius 3 is 2.81 bits per heavy atom. The SMILES string of the molecule is Cc1cc(/C(N)=N/O)nc(N2CCC3CCCCC3C2)n1. The van der Waals surface area contributed by atoms with Gasteiger partial charge in [-0.15, -0.1) is 0 Å². The topological polar surface area (TPSA) is 87.6 Å². The second-order valence-corrected chi connectivity index (χ2v) is 6.22. The molecule has 2 aliphatic rings. The van der Waals surface area contributed by atoms with Crippen LogP contribution in [0, 0.1) is 18.8 Å². The van der Waals surface area contributed by atoms with Crippen LogP contribution in [-0.4, -0.2) is 34.1 Å². The second-order valence-electron chi connectivity index (χ2n) is 6.22. The molecule has 6 heteroatoms. The maximum atomic E-state index is 8.82. The number of aromatic nitrogens is 2. The highest BCUT2D eigenvalue weighted by Crippen LogP contribution is 2.36. The molecule has 0 aromatic carbocycles. The van der Waals surface area contributed by atoms with Gasteiger partial charge < -0.3 is 15.8 Å². The molecule has 2 atom stereocenters. The van der Waals surface area contributed by atoms with E-state index in [4.69, 9.17) is 10.9 Å². The van der Waals surface area contributed by atoms with Crippen LogP contribution in [-0.2, 0) is 0 Å². The van der Waals surface area contributed by atoms with Crippen molar-refractivity contribution in [3.63, 3.8) is 0 Å². The zero-order chi connectivity index (χ0) is 14.8. The van der Waals surface area contributed by atoms with Crippen LogP contribution < -0.4 is 10.6 Å². The Hall–Kier alpha value is -1.85. The van der Waals surface area contributed by atoms with Crippen LogP contribution >= 0.6 is 0 Å². The summed E-state index contributed by atoms with van der Waals surface area (Å²) >= 11 is 0. The third-order valence-corrected chi connectivity index (χ3v) is 4.79. The van der Waals surface area contributed by atoms with Gasteiger partial charge >= 0.3 is 0 Å². The normalized spacial score (nSPS) is 26.5. The summed E-state index contributed by atoms with van der Waals surface area (Å²) in [7, 11) is 0. The molecule has 1 aromatic rings. The summed E-state index contributed by atoms with van der Waals surface area (Å²) in [6, 6.07) is 1.74. The van der Waals surface area contributed by atoms with Gasteiger partial charge in [-0.2, -0.15) is 0 Å². The Balaban J connectivity index is 1.82. The second kappa shape index (κ2) is 5.87.